The standard InChI is InChI=1S/C21H23N3O3/c1-21(2,3)14-10-8-13(9-11-14)18-22-16-7-5-4-6-15(16)19(24-18)23-17(12-25)20(26)27/h4-11,17,25H,12H2,1-3H3,(H,26,27)(H,22,23,24). The number of carboxylic acid groups (broad SMARTS) is 1. The summed E-state index contributed by atoms with van der Waals surface area (Å²) in [5.41, 5.74) is 2.79. The summed E-state index contributed by atoms with van der Waals surface area (Å²) in [6, 6.07) is 14.3. The van der Waals surface area contributed by atoms with Crippen LogP contribution in [0.2, 0.25) is 0 Å². The van der Waals surface area contributed by atoms with E-state index in [1.54, 1.807) is 0 Å². The van der Waals surface area contributed by atoms with E-state index in [1.165, 1.54) is 5.56 Å². The zero-order valence-electron chi connectivity index (χ0n) is 15.6. The van der Waals surface area contributed by atoms with Crippen molar-refractivity contribution in [1.82, 2.24) is 9.97 Å². The molecule has 0 spiro atoms. The highest BCUT2D eigenvalue weighted by Gasteiger charge is 2.19. The van der Waals surface area contributed by atoms with Crippen LogP contribution in [0.3, 0.4) is 0 Å². The van der Waals surface area contributed by atoms with Gasteiger partial charge in [-0.3, -0.25) is 0 Å². The fourth-order valence-corrected chi connectivity index (χ4v) is 2.79. The van der Waals surface area contributed by atoms with Crippen LogP contribution < -0.4 is 5.32 Å². The molecule has 2 aromatic carbocycles. The monoisotopic (exact) mass is 365 g/mol. The van der Waals surface area contributed by atoms with Crippen molar-refractivity contribution in [2.45, 2.75) is 32.2 Å². The summed E-state index contributed by atoms with van der Waals surface area (Å²) < 4.78 is 0. The highest BCUT2D eigenvalue weighted by molar-refractivity contribution is 5.92. The molecular formula is C21H23N3O3. The molecule has 3 N–H and O–H groups in total. The summed E-state index contributed by atoms with van der Waals surface area (Å²) in [7, 11) is 0. The zero-order valence-corrected chi connectivity index (χ0v) is 15.6. The molecule has 6 nitrogen and oxygen atoms in total. The van der Waals surface area contributed by atoms with Crippen LogP contribution in [0.15, 0.2) is 48.5 Å². The van der Waals surface area contributed by atoms with E-state index in [9.17, 15) is 15.0 Å². The molecule has 1 heterocycles. The quantitative estimate of drug-likeness (QED) is 0.641. The Hall–Kier alpha value is -2.99. The maximum Gasteiger partial charge on any atom is 0.328 e. The third kappa shape index (κ3) is 4.06. The molecule has 0 aliphatic carbocycles. The first kappa shape index (κ1) is 18.8. The fraction of sp³-hybridized carbons (Fsp3) is 0.286. The van der Waals surface area contributed by atoms with Crippen LogP contribution in [0.1, 0.15) is 26.3 Å². The van der Waals surface area contributed by atoms with Crippen molar-refractivity contribution < 1.29 is 15.0 Å². The number of aliphatic hydroxyl groups excluding tert-OH is 1. The third-order valence-corrected chi connectivity index (χ3v) is 4.40. The molecule has 0 bridgehead atoms. The average Bonchev–Trinajstić information content (AvgIpc) is 2.65. The Bertz CT molecular complexity index is 963. The minimum Gasteiger partial charge on any atom is -0.480 e. The molecule has 1 aromatic heterocycles. The van der Waals surface area contributed by atoms with Crippen molar-refractivity contribution in [3.63, 3.8) is 0 Å². The number of rotatable bonds is 5. The molecule has 0 fully saturated rings. The number of hydrogen-bond acceptors (Lipinski definition) is 5. The lowest BCUT2D eigenvalue weighted by atomic mass is 9.87. The van der Waals surface area contributed by atoms with Gasteiger partial charge in [-0.1, -0.05) is 57.2 Å². The summed E-state index contributed by atoms with van der Waals surface area (Å²) in [5.74, 6) is -0.257. The number of carboxylic acids is 1. The Kier molecular flexibility index (Phi) is 5.10. The molecule has 0 radical (unpaired) electrons. The SMILES string of the molecule is CC(C)(C)c1ccc(-c2nc(NC(CO)C(=O)O)c3ccccc3n2)cc1. The van der Waals surface area contributed by atoms with Gasteiger partial charge in [-0.15, -0.1) is 0 Å². The molecule has 1 atom stereocenters. The van der Waals surface area contributed by atoms with E-state index < -0.39 is 18.6 Å². The number of nitrogens with zero attached hydrogens (tertiary/aromatic N) is 2. The van der Waals surface area contributed by atoms with Gasteiger partial charge in [-0.2, -0.15) is 0 Å². The van der Waals surface area contributed by atoms with Gasteiger partial charge in [0.25, 0.3) is 0 Å². The lowest BCUT2D eigenvalue weighted by molar-refractivity contribution is -0.138. The number of aliphatic hydroxyl groups is 1. The minimum atomic E-state index is -1.14. The summed E-state index contributed by atoms with van der Waals surface area (Å²) in [6.45, 7) is 5.91. The van der Waals surface area contributed by atoms with Crippen LogP contribution in [-0.4, -0.2) is 38.8 Å². The molecule has 0 amide bonds. The number of anilines is 1. The normalized spacial score (nSPS) is 12.7. The number of aliphatic carboxylic acids is 1. The van der Waals surface area contributed by atoms with Crippen LogP contribution in [0.4, 0.5) is 5.82 Å². The second-order valence-corrected chi connectivity index (χ2v) is 7.46. The van der Waals surface area contributed by atoms with Crippen LogP contribution in [-0.2, 0) is 10.2 Å². The third-order valence-electron chi connectivity index (χ3n) is 4.40. The molecule has 0 aliphatic heterocycles. The van der Waals surface area contributed by atoms with Crippen LogP contribution in [0.5, 0.6) is 0 Å². The van der Waals surface area contributed by atoms with Crippen molar-refractivity contribution in [1.29, 1.82) is 0 Å². The number of hydrogen-bond donors (Lipinski definition) is 3. The highest BCUT2D eigenvalue weighted by atomic mass is 16.4. The summed E-state index contributed by atoms with van der Waals surface area (Å²) >= 11 is 0. The van der Waals surface area contributed by atoms with E-state index in [2.05, 4.69) is 48.2 Å². The van der Waals surface area contributed by atoms with E-state index in [0.717, 1.165) is 5.56 Å². The van der Waals surface area contributed by atoms with Crippen molar-refractivity contribution in [2.24, 2.45) is 0 Å². The van der Waals surface area contributed by atoms with Gasteiger partial charge in [0, 0.05) is 10.9 Å². The Morgan fingerprint density at radius 2 is 1.74 bits per heavy atom. The first-order valence-electron chi connectivity index (χ1n) is 8.77. The fourth-order valence-electron chi connectivity index (χ4n) is 2.79. The number of nitrogens with one attached hydrogen (secondary N) is 1. The van der Waals surface area contributed by atoms with Gasteiger partial charge >= 0.3 is 5.97 Å². The lowest BCUT2D eigenvalue weighted by Crippen LogP contribution is -2.33. The number of carbonyl (C=O) groups is 1. The van der Waals surface area contributed by atoms with Crippen LogP contribution >= 0.6 is 0 Å². The van der Waals surface area contributed by atoms with Crippen molar-refractivity contribution in [3.05, 3.63) is 54.1 Å². The first-order chi connectivity index (χ1) is 12.8. The second-order valence-electron chi connectivity index (χ2n) is 7.46. The maximum atomic E-state index is 11.3. The van der Waals surface area contributed by atoms with E-state index in [-0.39, 0.29) is 5.41 Å². The number of benzene rings is 2. The lowest BCUT2D eigenvalue weighted by Gasteiger charge is -2.19. The van der Waals surface area contributed by atoms with E-state index >= 15 is 0 Å². The van der Waals surface area contributed by atoms with Crippen LogP contribution in [0, 0.1) is 0 Å². The van der Waals surface area contributed by atoms with Gasteiger partial charge in [0.05, 0.1) is 12.1 Å². The van der Waals surface area contributed by atoms with Gasteiger partial charge < -0.3 is 15.5 Å². The first-order valence-corrected chi connectivity index (χ1v) is 8.77. The molecular weight excluding hydrogens is 342 g/mol. The smallest absolute Gasteiger partial charge is 0.328 e. The molecule has 27 heavy (non-hydrogen) atoms. The van der Waals surface area contributed by atoms with E-state index in [4.69, 9.17) is 0 Å². The summed E-state index contributed by atoms with van der Waals surface area (Å²) in [4.78, 5) is 20.4. The number of fused-ring (bicyclic) bond motifs is 1. The van der Waals surface area contributed by atoms with Gasteiger partial charge in [0.15, 0.2) is 5.82 Å². The Morgan fingerprint density at radius 1 is 1.07 bits per heavy atom. The molecule has 1 unspecified atom stereocenters. The van der Waals surface area contributed by atoms with Gasteiger partial charge in [-0.25, -0.2) is 14.8 Å². The van der Waals surface area contributed by atoms with Crippen molar-refractivity contribution in [3.8, 4) is 11.4 Å². The summed E-state index contributed by atoms with van der Waals surface area (Å²) in [5, 5.41) is 22.1. The topological polar surface area (TPSA) is 95.3 Å². The molecule has 0 aliphatic rings. The van der Waals surface area contributed by atoms with Crippen molar-refractivity contribution >= 4 is 22.7 Å². The predicted molar refractivity (Wildman–Crippen MR) is 106 cm³/mol. The molecule has 3 aromatic rings. The van der Waals surface area contributed by atoms with Gasteiger partial charge in [0.2, 0.25) is 0 Å². The molecule has 3 rings (SSSR count). The predicted octanol–water partition coefficient (Wildman–Crippen LogP) is 3.45. The van der Waals surface area contributed by atoms with Crippen molar-refractivity contribution in [2.75, 3.05) is 11.9 Å². The molecule has 6 heteroatoms. The largest absolute Gasteiger partial charge is 0.480 e. The average molecular weight is 365 g/mol. The Labute approximate surface area is 157 Å². The second kappa shape index (κ2) is 7.32. The molecule has 0 saturated carbocycles. The minimum absolute atomic E-state index is 0.0469. The Morgan fingerprint density at radius 3 is 2.33 bits per heavy atom. The van der Waals surface area contributed by atoms with E-state index in [1.807, 2.05) is 36.4 Å². The number of para-hydroxylation sites is 1. The molecule has 0 saturated heterocycles. The zero-order chi connectivity index (χ0) is 19.6. The van der Waals surface area contributed by atoms with E-state index in [0.29, 0.717) is 22.5 Å². The van der Waals surface area contributed by atoms with Crippen LogP contribution in [0.25, 0.3) is 22.3 Å². The maximum absolute atomic E-state index is 11.3. The van der Waals surface area contributed by atoms with Gasteiger partial charge in [-0.05, 0) is 23.1 Å². The summed E-state index contributed by atoms with van der Waals surface area (Å²) in [6.07, 6.45) is 0. The highest BCUT2D eigenvalue weighted by Crippen LogP contribution is 2.28. The Balaban J connectivity index is 2.07. The van der Waals surface area contributed by atoms with Gasteiger partial charge in [0.1, 0.15) is 11.9 Å². The number of aromatic nitrogens is 2. The molecule has 140 valence electrons.